The summed E-state index contributed by atoms with van der Waals surface area (Å²) in [5, 5.41) is 7.92. The molecule has 2 aromatic heterocycles. The minimum atomic E-state index is -3.55. The highest BCUT2D eigenvalue weighted by atomic mass is 127. The van der Waals surface area contributed by atoms with Gasteiger partial charge >= 0.3 is 0 Å². The lowest BCUT2D eigenvalue weighted by Gasteiger charge is -2.08. The summed E-state index contributed by atoms with van der Waals surface area (Å²) in [5.74, 6) is 0.924. The van der Waals surface area contributed by atoms with E-state index in [0.29, 0.717) is 17.3 Å². The van der Waals surface area contributed by atoms with Crippen LogP contribution < -0.4 is 9.46 Å². The Hall–Kier alpha value is -1.98. The number of rotatable bonds is 7. The van der Waals surface area contributed by atoms with E-state index in [1.807, 2.05) is 0 Å². The van der Waals surface area contributed by atoms with Crippen molar-refractivity contribution in [2.45, 2.75) is 4.90 Å². The number of furan rings is 1. The highest BCUT2D eigenvalue weighted by Crippen LogP contribution is 2.17. The van der Waals surface area contributed by atoms with Crippen LogP contribution in [0.5, 0.6) is 5.88 Å². The Balaban J connectivity index is 1.50. The lowest BCUT2D eigenvalue weighted by atomic mass is 10.3. The molecule has 0 aliphatic heterocycles. The lowest BCUT2D eigenvalue weighted by Crippen LogP contribution is -2.28. The Kier molecular flexibility index (Phi) is 5.66. The van der Waals surface area contributed by atoms with Crippen LogP contribution in [0, 0.1) is 3.57 Å². The quantitative estimate of drug-likeness (QED) is 0.421. The molecule has 0 bridgehead atoms. The lowest BCUT2D eigenvalue weighted by molar-refractivity contribution is 0.307. The molecule has 3 aromatic rings. The van der Waals surface area contributed by atoms with Gasteiger partial charge in [-0.05, 0) is 65.1 Å². The van der Waals surface area contributed by atoms with Gasteiger partial charge in [-0.3, -0.25) is 0 Å². The monoisotopic (exact) mass is 471 g/mol. The van der Waals surface area contributed by atoms with E-state index in [-0.39, 0.29) is 18.0 Å². The van der Waals surface area contributed by atoms with Crippen molar-refractivity contribution in [1.82, 2.24) is 14.9 Å². The highest BCUT2D eigenvalue weighted by molar-refractivity contribution is 14.1. The molecule has 0 aliphatic carbocycles. The first kappa shape index (κ1) is 17.8. The molecule has 9 heteroatoms. The second-order valence-corrected chi connectivity index (χ2v) is 7.95. The molecule has 25 heavy (non-hydrogen) atoms. The van der Waals surface area contributed by atoms with E-state index < -0.39 is 10.0 Å². The van der Waals surface area contributed by atoms with E-state index in [1.54, 1.807) is 54.8 Å². The fourth-order valence-electron chi connectivity index (χ4n) is 1.98. The summed E-state index contributed by atoms with van der Waals surface area (Å²) in [5.41, 5.74) is 0.594. The number of aromatic nitrogens is 2. The van der Waals surface area contributed by atoms with Crippen molar-refractivity contribution < 1.29 is 17.6 Å². The molecule has 0 radical (unpaired) electrons. The molecule has 130 valence electrons. The van der Waals surface area contributed by atoms with Crippen molar-refractivity contribution in [3.05, 3.63) is 58.4 Å². The van der Waals surface area contributed by atoms with E-state index >= 15 is 0 Å². The first-order valence-corrected chi connectivity index (χ1v) is 9.86. The van der Waals surface area contributed by atoms with Crippen molar-refractivity contribution in [3.63, 3.8) is 0 Å². The van der Waals surface area contributed by atoms with Crippen LogP contribution in [0.1, 0.15) is 0 Å². The second-order valence-electron chi connectivity index (χ2n) is 4.93. The summed E-state index contributed by atoms with van der Waals surface area (Å²) < 4.78 is 38.3. The third-order valence-corrected chi connectivity index (χ3v) is 5.38. The minimum Gasteiger partial charge on any atom is -0.475 e. The number of hydrogen-bond acceptors (Lipinski definition) is 6. The molecule has 3 rings (SSSR count). The number of halogens is 1. The van der Waals surface area contributed by atoms with Crippen molar-refractivity contribution in [2.75, 3.05) is 13.2 Å². The van der Waals surface area contributed by atoms with Crippen molar-refractivity contribution in [3.8, 4) is 17.3 Å². The molecule has 0 saturated heterocycles. The van der Waals surface area contributed by atoms with Crippen LogP contribution in [0.15, 0.2) is 64.1 Å². The molecule has 7 nitrogen and oxygen atoms in total. The number of hydrogen-bond donors (Lipinski definition) is 1. The van der Waals surface area contributed by atoms with Crippen molar-refractivity contribution in [1.29, 1.82) is 0 Å². The Bertz CT molecular complexity index is 911. The molecular weight excluding hydrogens is 457 g/mol. The van der Waals surface area contributed by atoms with Crippen molar-refractivity contribution in [2.24, 2.45) is 0 Å². The van der Waals surface area contributed by atoms with E-state index in [4.69, 9.17) is 9.15 Å². The van der Waals surface area contributed by atoms with Crippen LogP contribution in [0.2, 0.25) is 0 Å². The Labute approximate surface area is 158 Å². The third-order valence-electron chi connectivity index (χ3n) is 3.18. The molecule has 0 unspecified atom stereocenters. The maximum absolute atomic E-state index is 12.1. The zero-order valence-electron chi connectivity index (χ0n) is 12.9. The van der Waals surface area contributed by atoms with E-state index in [0.717, 1.165) is 3.57 Å². The predicted molar refractivity (Wildman–Crippen MR) is 99.6 cm³/mol. The van der Waals surface area contributed by atoms with Gasteiger partial charge in [-0.15, -0.1) is 10.2 Å². The van der Waals surface area contributed by atoms with Crippen molar-refractivity contribution >= 4 is 32.6 Å². The number of benzene rings is 1. The fraction of sp³-hybridized carbons (Fsp3) is 0.125. The first-order chi connectivity index (χ1) is 12.0. The van der Waals surface area contributed by atoms with Gasteiger partial charge < -0.3 is 9.15 Å². The molecular formula is C16H14IN3O4S. The Morgan fingerprint density at radius 3 is 2.52 bits per heavy atom. The number of ether oxygens (including phenoxy) is 1. The SMILES string of the molecule is O=S(=O)(NCCOc1ccc(-c2ccco2)nn1)c1ccc(I)cc1. The van der Waals surface area contributed by atoms with Crippen LogP contribution in [0.25, 0.3) is 11.5 Å². The number of nitrogens with one attached hydrogen (secondary N) is 1. The summed E-state index contributed by atoms with van der Waals surface area (Å²) in [7, 11) is -3.55. The molecule has 1 N–H and O–H groups in total. The number of nitrogens with zero attached hydrogens (tertiary/aromatic N) is 2. The smallest absolute Gasteiger partial charge is 0.240 e. The van der Waals surface area contributed by atoms with Gasteiger partial charge in [0.2, 0.25) is 15.9 Å². The van der Waals surface area contributed by atoms with E-state index in [1.165, 1.54) is 0 Å². The maximum Gasteiger partial charge on any atom is 0.240 e. The topological polar surface area (TPSA) is 94.3 Å². The normalized spacial score (nSPS) is 11.4. The fourth-order valence-corrected chi connectivity index (χ4v) is 3.35. The summed E-state index contributed by atoms with van der Waals surface area (Å²) in [6.45, 7) is 0.258. The third kappa shape index (κ3) is 4.77. The average molecular weight is 471 g/mol. The summed E-state index contributed by atoms with van der Waals surface area (Å²) in [4.78, 5) is 0.218. The molecule has 0 aliphatic rings. The van der Waals surface area contributed by atoms with Gasteiger partial charge in [0.15, 0.2) is 5.76 Å². The maximum atomic E-state index is 12.1. The molecule has 2 heterocycles. The van der Waals surface area contributed by atoms with Gasteiger partial charge in [-0.25, -0.2) is 13.1 Å². The standard InChI is InChI=1S/C16H14IN3O4S/c17-12-3-5-13(6-4-12)25(21,22)18-9-11-24-16-8-7-14(19-20-16)15-2-1-10-23-15/h1-8,10,18H,9,11H2. The molecule has 0 amide bonds. The Morgan fingerprint density at radius 1 is 1.08 bits per heavy atom. The predicted octanol–water partition coefficient (Wildman–Crippen LogP) is 2.70. The van der Waals surface area contributed by atoms with Gasteiger partial charge in [-0.1, -0.05) is 0 Å². The summed E-state index contributed by atoms with van der Waals surface area (Å²) in [6.07, 6.45) is 1.56. The number of sulfonamides is 1. The molecule has 0 saturated carbocycles. The van der Waals surface area contributed by atoms with Crippen LogP contribution in [0.3, 0.4) is 0 Å². The Morgan fingerprint density at radius 2 is 1.88 bits per heavy atom. The van der Waals surface area contributed by atoms with E-state index in [2.05, 4.69) is 37.5 Å². The largest absolute Gasteiger partial charge is 0.475 e. The molecule has 1 aromatic carbocycles. The summed E-state index contributed by atoms with van der Waals surface area (Å²) >= 11 is 2.12. The zero-order valence-corrected chi connectivity index (χ0v) is 15.9. The second kappa shape index (κ2) is 7.93. The van der Waals surface area contributed by atoms with Gasteiger partial charge in [-0.2, -0.15) is 0 Å². The van der Waals surface area contributed by atoms with Gasteiger partial charge in [0, 0.05) is 16.2 Å². The van der Waals surface area contributed by atoms with Gasteiger partial charge in [0.05, 0.1) is 11.2 Å². The van der Waals surface area contributed by atoms with Gasteiger partial charge in [0.1, 0.15) is 12.3 Å². The van der Waals surface area contributed by atoms with Gasteiger partial charge in [0.25, 0.3) is 0 Å². The van der Waals surface area contributed by atoms with E-state index in [9.17, 15) is 8.42 Å². The van der Waals surface area contributed by atoms with Crippen LogP contribution in [-0.2, 0) is 10.0 Å². The average Bonchev–Trinajstić information content (AvgIpc) is 3.14. The first-order valence-electron chi connectivity index (χ1n) is 7.30. The minimum absolute atomic E-state index is 0.121. The molecule has 0 spiro atoms. The summed E-state index contributed by atoms with van der Waals surface area (Å²) in [6, 6.07) is 13.5. The molecule has 0 atom stereocenters. The highest BCUT2D eigenvalue weighted by Gasteiger charge is 2.13. The zero-order chi connectivity index (χ0) is 17.7. The molecule has 0 fully saturated rings. The van der Waals surface area contributed by atoms with Crippen LogP contribution in [-0.4, -0.2) is 31.8 Å². The van der Waals surface area contributed by atoms with Crippen LogP contribution in [0.4, 0.5) is 0 Å². The van der Waals surface area contributed by atoms with Crippen LogP contribution >= 0.6 is 22.6 Å².